The molecule has 0 spiro atoms. The number of benzene rings is 2. The van der Waals surface area contributed by atoms with Gasteiger partial charge in [0.05, 0.1) is 35.4 Å². The minimum Gasteiger partial charge on any atom is -0.491 e. The van der Waals surface area contributed by atoms with E-state index < -0.39 is 34.7 Å². The van der Waals surface area contributed by atoms with Crippen molar-refractivity contribution in [3.05, 3.63) is 97.3 Å². The Bertz CT molecular complexity index is 2360. The molecule has 0 radical (unpaired) electrons. The molecule has 0 bridgehead atoms. The minimum absolute atomic E-state index is 0.133. The molecule has 2 fully saturated rings. The van der Waals surface area contributed by atoms with E-state index in [1.54, 1.807) is 41.3 Å². The van der Waals surface area contributed by atoms with Crippen molar-refractivity contribution in [1.29, 1.82) is 0 Å². The number of thiophene rings is 1. The number of amides is 2. The van der Waals surface area contributed by atoms with E-state index in [1.807, 2.05) is 50.3 Å². The number of hydrogen-bond donors (Lipinski definition) is 1. The first kappa shape index (κ1) is 31.5. The van der Waals surface area contributed by atoms with Gasteiger partial charge in [-0.2, -0.15) is 5.10 Å². The minimum atomic E-state index is -1.22. The number of aliphatic hydroxyl groups excluding tert-OH is 1. The highest BCUT2D eigenvalue weighted by Gasteiger charge is 2.65. The van der Waals surface area contributed by atoms with Gasteiger partial charge in [-0.25, -0.2) is 28.4 Å². The molecule has 2 aromatic carbocycles. The number of aliphatic hydroxyl groups is 1. The van der Waals surface area contributed by atoms with Crippen molar-refractivity contribution in [3.8, 4) is 16.3 Å². The van der Waals surface area contributed by atoms with Gasteiger partial charge in [0.1, 0.15) is 23.9 Å². The second kappa shape index (κ2) is 11.2. The van der Waals surface area contributed by atoms with Crippen molar-refractivity contribution in [3.63, 3.8) is 0 Å². The number of carbonyl (C=O) groups excluding carboxylic acids is 2. The predicted octanol–water partition coefficient (Wildman–Crippen LogP) is 4.16. The van der Waals surface area contributed by atoms with Crippen molar-refractivity contribution in [2.75, 3.05) is 18.1 Å². The van der Waals surface area contributed by atoms with E-state index in [0.717, 1.165) is 36.2 Å². The molecule has 3 aliphatic rings. The van der Waals surface area contributed by atoms with E-state index in [9.17, 15) is 24.3 Å². The molecule has 4 atom stereocenters. The standard InChI is InChI=1S/C35H33ClN6O6S/c1-18-23-15-20(36)7-10-27(23)49-30(18)25-17-28(39(4)37-25)41-31(44)24-16-26-22(11-12-40-33(46)38(3)34(47)42(26)40)29(35(24,2)32(41)45)19-5-8-21(9-6-19)48-14-13-43/h5-11,15,17,24,26,29,43H,12-14,16H2,1-4H3. The summed E-state index contributed by atoms with van der Waals surface area (Å²) in [5.74, 6) is -1.23. The zero-order valence-electron chi connectivity index (χ0n) is 27.2. The molecule has 5 aromatic rings. The van der Waals surface area contributed by atoms with Crippen molar-refractivity contribution in [1.82, 2.24) is 23.7 Å². The van der Waals surface area contributed by atoms with E-state index in [-0.39, 0.29) is 38.0 Å². The fourth-order valence-corrected chi connectivity index (χ4v) is 9.44. The lowest BCUT2D eigenvalue weighted by atomic mass is 9.56. The molecule has 5 heterocycles. The molecule has 1 saturated heterocycles. The summed E-state index contributed by atoms with van der Waals surface area (Å²) in [4.78, 5) is 58.1. The van der Waals surface area contributed by atoms with E-state index in [0.29, 0.717) is 22.3 Å². The zero-order valence-corrected chi connectivity index (χ0v) is 28.8. The lowest BCUT2D eigenvalue weighted by Crippen LogP contribution is -2.49. The first-order valence-corrected chi connectivity index (χ1v) is 17.2. The van der Waals surface area contributed by atoms with Gasteiger partial charge in [-0.1, -0.05) is 29.8 Å². The molecule has 3 aromatic heterocycles. The van der Waals surface area contributed by atoms with E-state index in [1.165, 1.54) is 21.3 Å². The maximum absolute atomic E-state index is 14.9. The van der Waals surface area contributed by atoms with Gasteiger partial charge in [-0.15, -0.1) is 11.3 Å². The molecule has 14 heteroatoms. The van der Waals surface area contributed by atoms with Crippen LogP contribution < -0.4 is 21.0 Å². The Kier molecular flexibility index (Phi) is 7.18. The van der Waals surface area contributed by atoms with Crippen LogP contribution in [0.25, 0.3) is 20.7 Å². The fourth-order valence-electron chi connectivity index (χ4n) is 8.12. The Balaban J connectivity index is 1.25. The summed E-state index contributed by atoms with van der Waals surface area (Å²) in [6, 6.07) is 14.2. The van der Waals surface area contributed by atoms with Gasteiger partial charge in [0, 0.05) is 35.8 Å². The third kappa shape index (κ3) is 4.41. The van der Waals surface area contributed by atoms with E-state index in [2.05, 4.69) is 0 Å². The zero-order chi connectivity index (χ0) is 34.5. The molecule has 252 valence electrons. The van der Waals surface area contributed by atoms with Gasteiger partial charge in [0.15, 0.2) is 0 Å². The summed E-state index contributed by atoms with van der Waals surface area (Å²) in [6.07, 6.45) is 2.09. The SMILES string of the molecule is Cc1c(-c2cc(N3C(=O)C4CC5C(=CCn6c(=O)n(C)c(=O)n65)C(c5ccc(OCCO)cc5)C4(C)C3=O)n(C)n2)sc2ccc(Cl)cc12. The number of imide groups is 1. The maximum atomic E-state index is 14.9. The third-order valence-electron chi connectivity index (χ3n) is 10.5. The van der Waals surface area contributed by atoms with Crippen LogP contribution in [0.15, 0.2) is 69.8 Å². The average Bonchev–Trinajstić information content (AvgIpc) is 3.75. The lowest BCUT2D eigenvalue weighted by Gasteiger charge is -2.47. The molecular formula is C35H33ClN6O6S. The van der Waals surface area contributed by atoms with Crippen LogP contribution in [0, 0.1) is 18.3 Å². The number of aromatic nitrogens is 5. The Hall–Kier alpha value is -4.72. The Morgan fingerprint density at radius 3 is 2.55 bits per heavy atom. The molecule has 1 aliphatic carbocycles. The summed E-state index contributed by atoms with van der Waals surface area (Å²) < 4.78 is 12.1. The van der Waals surface area contributed by atoms with Crippen LogP contribution in [-0.2, 0) is 30.2 Å². The quantitative estimate of drug-likeness (QED) is 0.208. The van der Waals surface area contributed by atoms with Gasteiger partial charge < -0.3 is 9.84 Å². The van der Waals surface area contributed by atoms with Crippen molar-refractivity contribution < 1.29 is 19.4 Å². The second-order valence-corrected chi connectivity index (χ2v) is 14.6. The van der Waals surface area contributed by atoms with Gasteiger partial charge in [0.25, 0.3) is 0 Å². The van der Waals surface area contributed by atoms with Gasteiger partial charge in [-0.3, -0.25) is 14.3 Å². The molecule has 2 amide bonds. The molecule has 2 aliphatic heterocycles. The lowest BCUT2D eigenvalue weighted by molar-refractivity contribution is -0.129. The van der Waals surface area contributed by atoms with Crippen LogP contribution in [-0.4, -0.2) is 53.8 Å². The monoisotopic (exact) mass is 700 g/mol. The summed E-state index contributed by atoms with van der Waals surface area (Å²) in [5.41, 5.74) is 1.10. The molecule has 12 nitrogen and oxygen atoms in total. The van der Waals surface area contributed by atoms with Crippen molar-refractivity contribution in [2.24, 2.45) is 25.4 Å². The van der Waals surface area contributed by atoms with Gasteiger partial charge in [0.2, 0.25) is 11.8 Å². The third-order valence-corrected chi connectivity index (χ3v) is 12.0. The number of allylic oxidation sites excluding steroid dienone is 2. The van der Waals surface area contributed by atoms with Crippen LogP contribution in [0.1, 0.15) is 36.4 Å². The second-order valence-electron chi connectivity index (χ2n) is 13.1. The van der Waals surface area contributed by atoms with E-state index >= 15 is 0 Å². The maximum Gasteiger partial charge on any atom is 0.347 e. The number of anilines is 1. The molecule has 4 unspecified atom stereocenters. The number of fused-ring (bicyclic) bond motifs is 5. The van der Waals surface area contributed by atoms with Crippen LogP contribution in [0.5, 0.6) is 5.75 Å². The summed E-state index contributed by atoms with van der Waals surface area (Å²) >= 11 is 7.86. The highest BCUT2D eigenvalue weighted by atomic mass is 35.5. The molecule has 1 N–H and O–H groups in total. The number of rotatable bonds is 6. The van der Waals surface area contributed by atoms with Crippen molar-refractivity contribution >= 4 is 50.7 Å². The van der Waals surface area contributed by atoms with Crippen LogP contribution in [0.3, 0.4) is 0 Å². The summed E-state index contributed by atoms with van der Waals surface area (Å²) in [7, 11) is 3.16. The number of hydrogen-bond acceptors (Lipinski definition) is 8. The van der Waals surface area contributed by atoms with E-state index in [4.69, 9.17) is 21.4 Å². The predicted molar refractivity (Wildman–Crippen MR) is 185 cm³/mol. The summed E-state index contributed by atoms with van der Waals surface area (Å²) in [6.45, 7) is 4.00. The Labute approximate surface area is 289 Å². The molecule has 1 saturated carbocycles. The highest BCUT2D eigenvalue weighted by Crippen LogP contribution is 2.61. The van der Waals surface area contributed by atoms with Crippen LogP contribution in [0.2, 0.25) is 5.02 Å². The van der Waals surface area contributed by atoms with Crippen LogP contribution >= 0.6 is 22.9 Å². The number of nitrogens with zero attached hydrogens (tertiary/aromatic N) is 6. The fraction of sp³-hybridized carbons (Fsp3) is 0.343. The normalized spacial score (nSPS) is 23.1. The number of aryl methyl sites for hydroxylation is 2. The Morgan fingerprint density at radius 2 is 1.82 bits per heavy atom. The largest absolute Gasteiger partial charge is 0.491 e. The van der Waals surface area contributed by atoms with Gasteiger partial charge in [-0.05, 0) is 72.7 Å². The first-order chi connectivity index (χ1) is 23.4. The molecule has 49 heavy (non-hydrogen) atoms. The van der Waals surface area contributed by atoms with Crippen LogP contribution in [0.4, 0.5) is 5.82 Å². The topological polar surface area (TPSA) is 134 Å². The smallest absolute Gasteiger partial charge is 0.347 e. The number of halogens is 1. The number of carbonyl (C=O) groups is 2. The van der Waals surface area contributed by atoms with Crippen molar-refractivity contribution in [2.45, 2.75) is 38.8 Å². The molecule has 8 rings (SSSR count). The summed E-state index contributed by atoms with van der Waals surface area (Å²) in [5, 5.41) is 15.6. The first-order valence-electron chi connectivity index (χ1n) is 16.0. The van der Waals surface area contributed by atoms with Gasteiger partial charge >= 0.3 is 11.4 Å². The average molecular weight is 701 g/mol. The number of ether oxygens (including phenoxy) is 1. The molecular weight excluding hydrogens is 668 g/mol. The highest BCUT2D eigenvalue weighted by molar-refractivity contribution is 7.22. The Morgan fingerprint density at radius 1 is 1.06 bits per heavy atom.